The molecule has 5 heteroatoms. The van der Waals surface area contributed by atoms with Gasteiger partial charge in [-0.2, -0.15) is 0 Å². The van der Waals surface area contributed by atoms with Gasteiger partial charge in [-0.3, -0.25) is 4.79 Å². The van der Waals surface area contributed by atoms with E-state index in [1.54, 1.807) is 0 Å². The van der Waals surface area contributed by atoms with Gasteiger partial charge < -0.3 is 15.7 Å². The topological polar surface area (TPSA) is 78.4 Å². The van der Waals surface area contributed by atoms with Crippen LogP contribution in [0, 0.1) is 17.3 Å². The van der Waals surface area contributed by atoms with Gasteiger partial charge >= 0.3 is 12.0 Å². The summed E-state index contributed by atoms with van der Waals surface area (Å²) >= 11 is 0. The Hall–Kier alpha value is -1.26. The number of carbonyl (C=O) groups excluding carboxylic acids is 1. The van der Waals surface area contributed by atoms with Gasteiger partial charge in [-0.25, -0.2) is 4.79 Å². The van der Waals surface area contributed by atoms with Crippen molar-refractivity contribution in [3.05, 3.63) is 0 Å². The van der Waals surface area contributed by atoms with E-state index in [9.17, 15) is 9.59 Å². The second kappa shape index (κ2) is 8.02. The summed E-state index contributed by atoms with van der Waals surface area (Å²) in [5.41, 5.74) is 0.138. The van der Waals surface area contributed by atoms with Crippen LogP contribution in [-0.2, 0) is 4.79 Å². The van der Waals surface area contributed by atoms with Crippen molar-refractivity contribution in [3.8, 4) is 0 Å². The largest absolute Gasteiger partial charge is 0.481 e. The molecule has 0 aliphatic rings. The van der Waals surface area contributed by atoms with Crippen molar-refractivity contribution in [2.24, 2.45) is 17.3 Å². The van der Waals surface area contributed by atoms with Crippen molar-refractivity contribution < 1.29 is 14.7 Å². The first kappa shape index (κ1) is 17.7. The number of carboxylic acid groups (broad SMARTS) is 1. The van der Waals surface area contributed by atoms with Gasteiger partial charge in [0.2, 0.25) is 0 Å². The molecular weight excluding hydrogens is 244 g/mol. The monoisotopic (exact) mass is 272 g/mol. The van der Waals surface area contributed by atoms with E-state index in [0.717, 1.165) is 6.42 Å². The summed E-state index contributed by atoms with van der Waals surface area (Å²) in [7, 11) is 0. The van der Waals surface area contributed by atoms with Gasteiger partial charge in [0.1, 0.15) is 0 Å². The zero-order valence-electron chi connectivity index (χ0n) is 12.7. The van der Waals surface area contributed by atoms with Crippen LogP contribution < -0.4 is 10.6 Å². The fourth-order valence-corrected chi connectivity index (χ4v) is 1.49. The van der Waals surface area contributed by atoms with Gasteiger partial charge in [0.05, 0.1) is 5.92 Å². The molecule has 2 amide bonds. The lowest BCUT2D eigenvalue weighted by molar-refractivity contribution is -0.141. The van der Waals surface area contributed by atoms with Crippen LogP contribution in [-0.4, -0.2) is 30.2 Å². The van der Waals surface area contributed by atoms with Crippen LogP contribution in [0.25, 0.3) is 0 Å². The number of amides is 2. The van der Waals surface area contributed by atoms with Crippen LogP contribution in [0.2, 0.25) is 0 Å². The minimum atomic E-state index is -0.856. The zero-order valence-corrected chi connectivity index (χ0v) is 12.7. The van der Waals surface area contributed by atoms with Gasteiger partial charge in [0, 0.05) is 13.1 Å². The first-order valence-electron chi connectivity index (χ1n) is 6.93. The quantitative estimate of drug-likeness (QED) is 0.666. The molecule has 0 aromatic heterocycles. The highest BCUT2D eigenvalue weighted by atomic mass is 16.4. The van der Waals surface area contributed by atoms with Crippen molar-refractivity contribution in [1.29, 1.82) is 0 Å². The molecule has 0 aliphatic heterocycles. The van der Waals surface area contributed by atoms with Crippen LogP contribution in [0.4, 0.5) is 4.79 Å². The Morgan fingerprint density at radius 3 is 2.11 bits per heavy atom. The predicted molar refractivity (Wildman–Crippen MR) is 76.1 cm³/mol. The number of nitrogens with one attached hydrogen (secondary N) is 2. The van der Waals surface area contributed by atoms with Crippen molar-refractivity contribution in [3.63, 3.8) is 0 Å². The number of urea groups is 1. The Morgan fingerprint density at radius 2 is 1.68 bits per heavy atom. The number of aliphatic carboxylic acids is 1. The first-order chi connectivity index (χ1) is 8.68. The third-order valence-electron chi connectivity index (χ3n) is 3.54. The summed E-state index contributed by atoms with van der Waals surface area (Å²) in [6.07, 6.45) is 1.37. The Morgan fingerprint density at radius 1 is 1.16 bits per heavy atom. The van der Waals surface area contributed by atoms with Gasteiger partial charge in [-0.1, -0.05) is 41.0 Å². The third-order valence-corrected chi connectivity index (χ3v) is 3.54. The molecule has 2 unspecified atom stereocenters. The summed E-state index contributed by atoms with van der Waals surface area (Å²) in [5.74, 6) is -1.01. The Kier molecular flexibility index (Phi) is 7.49. The first-order valence-corrected chi connectivity index (χ1v) is 6.93. The van der Waals surface area contributed by atoms with Crippen molar-refractivity contribution in [2.45, 2.75) is 47.5 Å². The van der Waals surface area contributed by atoms with E-state index in [1.807, 2.05) is 6.92 Å². The summed E-state index contributed by atoms with van der Waals surface area (Å²) in [6.45, 7) is 11.1. The Balaban J connectivity index is 4.02. The standard InChI is InChI=1S/C14H28N2O3/c1-6-7-11(12(17)18)9-16-13(19)15-8-10(2)14(3,4)5/h10-11H,6-9H2,1-5H3,(H,17,18)(H2,15,16,19). The Labute approximate surface area is 116 Å². The average molecular weight is 272 g/mol. The van der Waals surface area contributed by atoms with Gasteiger partial charge in [0.25, 0.3) is 0 Å². The van der Waals surface area contributed by atoms with E-state index < -0.39 is 11.9 Å². The number of rotatable bonds is 7. The molecule has 0 saturated carbocycles. The maximum atomic E-state index is 11.6. The number of carbonyl (C=O) groups is 2. The lowest BCUT2D eigenvalue weighted by Gasteiger charge is -2.27. The average Bonchev–Trinajstić information content (AvgIpc) is 2.29. The highest BCUT2D eigenvalue weighted by Crippen LogP contribution is 2.24. The van der Waals surface area contributed by atoms with Crippen LogP contribution in [0.1, 0.15) is 47.5 Å². The smallest absolute Gasteiger partial charge is 0.314 e. The normalized spacial score (nSPS) is 14.6. The molecule has 0 spiro atoms. The van der Waals surface area contributed by atoms with E-state index in [-0.39, 0.29) is 18.0 Å². The molecule has 0 radical (unpaired) electrons. The molecule has 0 rings (SSSR count). The fourth-order valence-electron chi connectivity index (χ4n) is 1.49. The Bertz CT molecular complexity index is 298. The second-order valence-electron chi connectivity index (χ2n) is 6.18. The number of carboxylic acids is 1. The number of hydrogen-bond donors (Lipinski definition) is 3. The predicted octanol–water partition coefficient (Wildman–Crippen LogP) is 2.47. The molecule has 0 aromatic carbocycles. The molecule has 0 aromatic rings. The summed E-state index contributed by atoms with van der Waals surface area (Å²) in [4.78, 5) is 22.5. The molecule has 2 atom stereocenters. The van der Waals surface area contributed by atoms with Crippen molar-refractivity contribution in [1.82, 2.24) is 10.6 Å². The van der Waals surface area contributed by atoms with Crippen LogP contribution in [0.3, 0.4) is 0 Å². The molecular formula is C14H28N2O3. The van der Waals surface area contributed by atoms with Crippen LogP contribution in [0.5, 0.6) is 0 Å². The lowest BCUT2D eigenvalue weighted by atomic mass is 9.82. The van der Waals surface area contributed by atoms with E-state index in [0.29, 0.717) is 18.9 Å². The molecule has 0 fully saturated rings. The minimum Gasteiger partial charge on any atom is -0.481 e. The van der Waals surface area contributed by atoms with E-state index in [1.165, 1.54) is 0 Å². The summed E-state index contributed by atoms with van der Waals surface area (Å²) < 4.78 is 0. The lowest BCUT2D eigenvalue weighted by Crippen LogP contribution is -2.42. The molecule has 5 nitrogen and oxygen atoms in total. The third kappa shape index (κ3) is 7.70. The van der Waals surface area contributed by atoms with Gasteiger partial charge in [0.15, 0.2) is 0 Å². The molecule has 112 valence electrons. The van der Waals surface area contributed by atoms with E-state index in [4.69, 9.17) is 5.11 Å². The molecule has 0 heterocycles. The number of hydrogen-bond acceptors (Lipinski definition) is 2. The van der Waals surface area contributed by atoms with Gasteiger partial charge in [-0.05, 0) is 17.8 Å². The van der Waals surface area contributed by atoms with Crippen LogP contribution >= 0.6 is 0 Å². The SMILES string of the molecule is CCCC(CNC(=O)NCC(C)C(C)(C)C)C(=O)O. The molecule has 0 saturated heterocycles. The maximum Gasteiger partial charge on any atom is 0.314 e. The molecule has 0 bridgehead atoms. The highest BCUT2D eigenvalue weighted by molar-refractivity contribution is 5.75. The molecule has 0 aliphatic carbocycles. The second-order valence-corrected chi connectivity index (χ2v) is 6.18. The van der Waals surface area contributed by atoms with Crippen molar-refractivity contribution in [2.75, 3.05) is 13.1 Å². The maximum absolute atomic E-state index is 11.6. The highest BCUT2D eigenvalue weighted by Gasteiger charge is 2.21. The van der Waals surface area contributed by atoms with Crippen molar-refractivity contribution >= 4 is 12.0 Å². The summed E-state index contributed by atoms with van der Waals surface area (Å²) in [6, 6.07) is -0.293. The van der Waals surface area contributed by atoms with Gasteiger partial charge in [-0.15, -0.1) is 0 Å². The minimum absolute atomic E-state index is 0.138. The zero-order chi connectivity index (χ0) is 15.1. The molecule has 19 heavy (non-hydrogen) atoms. The fraction of sp³-hybridized carbons (Fsp3) is 0.857. The molecule has 3 N–H and O–H groups in total. The summed E-state index contributed by atoms with van der Waals surface area (Å²) in [5, 5.41) is 14.4. The van der Waals surface area contributed by atoms with Crippen LogP contribution in [0.15, 0.2) is 0 Å². The van der Waals surface area contributed by atoms with E-state index >= 15 is 0 Å². The van der Waals surface area contributed by atoms with E-state index in [2.05, 4.69) is 38.3 Å².